The van der Waals surface area contributed by atoms with E-state index in [0.29, 0.717) is 12.5 Å². The third-order valence-electron chi connectivity index (χ3n) is 5.28. The van der Waals surface area contributed by atoms with Gasteiger partial charge >= 0.3 is 0 Å². The molecule has 6 nitrogen and oxygen atoms in total. The molecule has 150 valence electrons. The van der Waals surface area contributed by atoms with Crippen LogP contribution in [0.5, 0.6) is 0 Å². The van der Waals surface area contributed by atoms with E-state index in [1.165, 1.54) is 10.8 Å². The third kappa shape index (κ3) is 3.45. The highest BCUT2D eigenvalue weighted by molar-refractivity contribution is 7.17. The first-order valence-corrected chi connectivity index (χ1v) is 10.9. The first kappa shape index (κ1) is 17.9. The summed E-state index contributed by atoms with van der Waals surface area (Å²) in [6, 6.07) is 22.8. The molecule has 0 spiro atoms. The molecule has 6 rings (SSSR count). The van der Waals surface area contributed by atoms with E-state index in [-0.39, 0.29) is 0 Å². The Hall–Kier alpha value is -3.97. The lowest BCUT2D eigenvalue weighted by Gasteiger charge is -2.11. The van der Waals surface area contributed by atoms with E-state index >= 15 is 0 Å². The number of benzene rings is 3. The molecule has 0 saturated heterocycles. The Bertz CT molecular complexity index is 1530. The van der Waals surface area contributed by atoms with Gasteiger partial charge in [0.25, 0.3) is 0 Å². The van der Waals surface area contributed by atoms with Crippen molar-refractivity contribution >= 4 is 60.6 Å². The number of nitrogens with zero attached hydrogens (tertiary/aromatic N) is 3. The second-order valence-electron chi connectivity index (χ2n) is 7.34. The molecule has 3 N–H and O–H groups in total. The monoisotopic (exact) mass is 422 g/mol. The van der Waals surface area contributed by atoms with Crippen molar-refractivity contribution in [1.82, 2.24) is 20.2 Å². The predicted octanol–water partition coefficient (Wildman–Crippen LogP) is 6.08. The number of thiophene rings is 1. The van der Waals surface area contributed by atoms with E-state index in [1.807, 2.05) is 36.5 Å². The molecular weight excluding hydrogens is 404 g/mol. The van der Waals surface area contributed by atoms with Gasteiger partial charge in [-0.25, -0.2) is 9.97 Å². The predicted molar refractivity (Wildman–Crippen MR) is 128 cm³/mol. The molecule has 3 aromatic carbocycles. The zero-order valence-electron chi connectivity index (χ0n) is 16.5. The van der Waals surface area contributed by atoms with E-state index in [0.717, 1.165) is 38.2 Å². The second-order valence-corrected chi connectivity index (χ2v) is 8.26. The highest BCUT2D eigenvalue weighted by atomic mass is 32.1. The van der Waals surface area contributed by atoms with Crippen LogP contribution in [0.1, 0.15) is 5.69 Å². The number of hydrogen-bond acceptors (Lipinski definition) is 6. The molecule has 0 aliphatic rings. The molecule has 0 aliphatic heterocycles. The van der Waals surface area contributed by atoms with Crippen molar-refractivity contribution < 1.29 is 0 Å². The average Bonchev–Trinajstić information content (AvgIpc) is 3.46. The topological polar surface area (TPSA) is 78.5 Å². The normalized spacial score (nSPS) is 11.4. The van der Waals surface area contributed by atoms with Gasteiger partial charge in [-0.1, -0.05) is 30.3 Å². The Morgan fingerprint density at radius 3 is 2.68 bits per heavy atom. The molecule has 0 aliphatic carbocycles. The van der Waals surface area contributed by atoms with Crippen molar-refractivity contribution in [2.24, 2.45) is 0 Å². The van der Waals surface area contributed by atoms with Gasteiger partial charge in [0.2, 0.25) is 5.95 Å². The Morgan fingerprint density at radius 2 is 1.71 bits per heavy atom. The Kier molecular flexibility index (Phi) is 4.25. The summed E-state index contributed by atoms with van der Waals surface area (Å²) in [6.07, 6.45) is 1.83. The first-order chi connectivity index (χ1) is 15.3. The lowest BCUT2D eigenvalue weighted by atomic mass is 10.1. The van der Waals surface area contributed by atoms with Crippen LogP contribution in [-0.2, 0) is 6.54 Å². The van der Waals surface area contributed by atoms with Gasteiger partial charge in [0.15, 0.2) is 0 Å². The smallest absolute Gasteiger partial charge is 0.228 e. The lowest BCUT2D eigenvalue weighted by molar-refractivity contribution is 1.05. The molecule has 3 heterocycles. The van der Waals surface area contributed by atoms with Crippen molar-refractivity contribution in [3.63, 3.8) is 0 Å². The van der Waals surface area contributed by atoms with Crippen LogP contribution < -0.4 is 10.6 Å². The Labute approximate surface area is 182 Å². The summed E-state index contributed by atoms with van der Waals surface area (Å²) >= 11 is 1.66. The minimum Gasteiger partial charge on any atom is -0.379 e. The first-order valence-electron chi connectivity index (χ1n) is 9.99. The zero-order valence-corrected chi connectivity index (χ0v) is 17.3. The molecule has 6 aromatic rings. The molecule has 0 unspecified atom stereocenters. The van der Waals surface area contributed by atoms with Crippen LogP contribution in [0.3, 0.4) is 0 Å². The van der Waals surface area contributed by atoms with Crippen molar-refractivity contribution in [2.45, 2.75) is 6.54 Å². The van der Waals surface area contributed by atoms with E-state index in [9.17, 15) is 0 Å². The maximum Gasteiger partial charge on any atom is 0.228 e. The molecular formula is C24H18N6S. The number of H-pyrrole nitrogens is 1. The highest BCUT2D eigenvalue weighted by Crippen LogP contribution is 2.27. The van der Waals surface area contributed by atoms with Gasteiger partial charge in [-0.3, -0.25) is 5.10 Å². The minimum atomic E-state index is 0.600. The van der Waals surface area contributed by atoms with Gasteiger partial charge in [-0.05, 0) is 52.6 Å². The van der Waals surface area contributed by atoms with Gasteiger partial charge in [0.1, 0.15) is 0 Å². The van der Waals surface area contributed by atoms with Crippen LogP contribution in [-0.4, -0.2) is 20.2 Å². The van der Waals surface area contributed by atoms with Crippen molar-refractivity contribution in [3.05, 3.63) is 84.0 Å². The second kappa shape index (κ2) is 7.37. The van der Waals surface area contributed by atoms with Crippen LogP contribution >= 0.6 is 11.3 Å². The SMILES string of the molecule is c1ccc2cc(Nc3nc(CNc4ccc5[nH]ncc5c4)c4sccc4n3)ccc2c1. The Morgan fingerprint density at radius 1 is 0.839 bits per heavy atom. The van der Waals surface area contributed by atoms with Crippen LogP contribution in [0.4, 0.5) is 17.3 Å². The van der Waals surface area contributed by atoms with Crippen LogP contribution in [0.2, 0.25) is 0 Å². The van der Waals surface area contributed by atoms with E-state index in [2.05, 4.69) is 62.6 Å². The summed E-state index contributed by atoms with van der Waals surface area (Å²) in [7, 11) is 0. The maximum atomic E-state index is 4.82. The number of aromatic amines is 1. The molecule has 7 heteroatoms. The fourth-order valence-electron chi connectivity index (χ4n) is 3.73. The van der Waals surface area contributed by atoms with Crippen molar-refractivity contribution in [2.75, 3.05) is 10.6 Å². The molecule has 31 heavy (non-hydrogen) atoms. The van der Waals surface area contributed by atoms with Crippen molar-refractivity contribution in [1.29, 1.82) is 0 Å². The third-order valence-corrected chi connectivity index (χ3v) is 6.23. The number of aromatic nitrogens is 4. The molecule has 3 aromatic heterocycles. The minimum absolute atomic E-state index is 0.600. The quantitative estimate of drug-likeness (QED) is 0.314. The van der Waals surface area contributed by atoms with Gasteiger partial charge in [0.05, 0.1) is 34.2 Å². The molecule has 0 atom stereocenters. The van der Waals surface area contributed by atoms with Gasteiger partial charge in [-0.2, -0.15) is 5.10 Å². The maximum absolute atomic E-state index is 4.82. The van der Waals surface area contributed by atoms with Crippen LogP contribution in [0, 0.1) is 0 Å². The number of anilines is 3. The van der Waals surface area contributed by atoms with Crippen molar-refractivity contribution in [3.8, 4) is 0 Å². The average molecular weight is 423 g/mol. The standard InChI is InChI=1S/C24H18N6S/c1-2-4-16-11-19(6-5-15(16)3-1)27-24-28-21-9-10-31-23(21)22(29-24)14-25-18-7-8-20-17(12-18)13-26-30-20/h1-13,25H,14H2,(H,26,30)(H,27,28,29). The number of fused-ring (bicyclic) bond motifs is 3. The summed E-state index contributed by atoms with van der Waals surface area (Å²) in [6.45, 7) is 0.606. The van der Waals surface area contributed by atoms with E-state index in [4.69, 9.17) is 9.97 Å². The summed E-state index contributed by atoms with van der Waals surface area (Å²) < 4.78 is 1.10. The van der Waals surface area contributed by atoms with Crippen LogP contribution in [0.15, 0.2) is 78.3 Å². The lowest BCUT2D eigenvalue weighted by Crippen LogP contribution is -2.05. The summed E-state index contributed by atoms with van der Waals surface area (Å²) in [5, 5.41) is 19.5. The summed E-state index contributed by atoms with van der Waals surface area (Å²) in [4.78, 5) is 9.53. The van der Waals surface area contributed by atoms with E-state index < -0.39 is 0 Å². The molecule has 0 fully saturated rings. The zero-order chi connectivity index (χ0) is 20.6. The van der Waals surface area contributed by atoms with Gasteiger partial charge < -0.3 is 10.6 Å². The number of hydrogen-bond donors (Lipinski definition) is 3. The molecule has 0 saturated carbocycles. The largest absolute Gasteiger partial charge is 0.379 e. The molecule has 0 bridgehead atoms. The fraction of sp³-hybridized carbons (Fsp3) is 0.0417. The van der Waals surface area contributed by atoms with Gasteiger partial charge in [-0.15, -0.1) is 11.3 Å². The van der Waals surface area contributed by atoms with Crippen LogP contribution in [0.25, 0.3) is 31.9 Å². The number of nitrogens with one attached hydrogen (secondary N) is 3. The molecule has 0 radical (unpaired) electrons. The molecule has 0 amide bonds. The fourth-order valence-corrected chi connectivity index (χ4v) is 4.56. The summed E-state index contributed by atoms with van der Waals surface area (Å²) in [5.41, 5.74) is 4.94. The Balaban J connectivity index is 1.30. The van der Waals surface area contributed by atoms with Gasteiger partial charge in [0, 0.05) is 16.8 Å². The number of rotatable bonds is 5. The summed E-state index contributed by atoms with van der Waals surface area (Å²) in [5.74, 6) is 0.600. The highest BCUT2D eigenvalue weighted by Gasteiger charge is 2.10. The van der Waals surface area contributed by atoms with E-state index in [1.54, 1.807) is 11.3 Å².